The first-order valence-corrected chi connectivity index (χ1v) is 9.39. The van der Waals surface area contributed by atoms with Gasteiger partial charge in [0.05, 0.1) is 12.7 Å². The molecular weight excluding hydrogens is 352 g/mol. The highest BCUT2D eigenvalue weighted by Crippen LogP contribution is 2.17. The van der Waals surface area contributed by atoms with Crippen molar-refractivity contribution in [1.29, 1.82) is 0 Å². The van der Waals surface area contributed by atoms with Gasteiger partial charge in [0, 0.05) is 32.0 Å². The maximum Gasteiger partial charge on any atom is 0.257 e. The van der Waals surface area contributed by atoms with Crippen LogP contribution in [-0.4, -0.2) is 64.6 Å². The second-order valence-corrected chi connectivity index (χ2v) is 6.63. The van der Waals surface area contributed by atoms with Gasteiger partial charge in [0.2, 0.25) is 5.91 Å². The standard InChI is InChI=1S/C18H20N4O3S/c1-25-15-5-3-4-13(8-15)11-21-6-7-22(12-16(21)23)17(24)14-9-19-18(26-2)20-10-14/h3-5,8-10H,6-7,11-12H2,1-2H3. The minimum Gasteiger partial charge on any atom is -0.497 e. The van der Waals surface area contributed by atoms with Crippen LogP contribution >= 0.6 is 11.8 Å². The van der Waals surface area contributed by atoms with Crippen molar-refractivity contribution in [2.45, 2.75) is 11.7 Å². The average Bonchev–Trinajstić information content (AvgIpc) is 2.69. The summed E-state index contributed by atoms with van der Waals surface area (Å²) in [5.74, 6) is 0.471. The van der Waals surface area contributed by atoms with Crippen LogP contribution in [0.2, 0.25) is 0 Å². The molecule has 1 aromatic carbocycles. The topological polar surface area (TPSA) is 75.6 Å². The van der Waals surface area contributed by atoms with Gasteiger partial charge < -0.3 is 14.5 Å². The van der Waals surface area contributed by atoms with Crippen molar-refractivity contribution in [2.24, 2.45) is 0 Å². The fourth-order valence-electron chi connectivity index (χ4n) is 2.75. The summed E-state index contributed by atoms with van der Waals surface area (Å²) in [6.07, 6.45) is 4.89. The average molecular weight is 372 g/mol. The summed E-state index contributed by atoms with van der Waals surface area (Å²) in [6.45, 7) is 1.54. The quantitative estimate of drug-likeness (QED) is 0.587. The molecule has 3 rings (SSSR count). The number of hydrogen-bond acceptors (Lipinski definition) is 6. The van der Waals surface area contributed by atoms with Gasteiger partial charge in [-0.1, -0.05) is 23.9 Å². The lowest BCUT2D eigenvalue weighted by Gasteiger charge is -2.34. The molecule has 2 heterocycles. The van der Waals surface area contributed by atoms with E-state index in [4.69, 9.17) is 4.74 Å². The lowest BCUT2D eigenvalue weighted by molar-refractivity contribution is -0.135. The molecule has 7 nitrogen and oxygen atoms in total. The Bertz CT molecular complexity index is 797. The van der Waals surface area contributed by atoms with Crippen molar-refractivity contribution in [3.05, 3.63) is 47.8 Å². The van der Waals surface area contributed by atoms with Crippen LogP contribution in [0.1, 0.15) is 15.9 Å². The van der Waals surface area contributed by atoms with E-state index >= 15 is 0 Å². The van der Waals surface area contributed by atoms with Crippen molar-refractivity contribution >= 4 is 23.6 Å². The molecule has 0 spiro atoms. The fraction of sp³-hybridized carbons (Fsp3) is 0.333. The molecule has 1 fully saturated rings. The third-order valence-electron chi connectivity index (χ3n) is 4.17. The van der Waals surface area contributed by atoms with Crippen LogP contribution in [0.5, 0.6) is 5.75 Å². The van der Waals surface area contributed by atoms with E-state index in [1.165, 1.54) is 24.2 Å². The molecule has 2 amide bonds. The van der Waals surface area contributed by atoms with Crippen LogP contribution in [-0.2, 0) is 11.3 Å². The van der Waals surface area contributed by atoms with E-state index < -0.39 is 0 Å². The Morgan fingerprint density at radius 2 is 2.04 bits per heavy atom. The Hall–Kier alpha value is -2.61. The van der Waals surface area contributed by atoms with Gasteiger partial charge in [-0.2, -0.15) is 0 Å². The summed E-state index contributed by atoms with van der Waals surface area (Å²) < 4.78 is 5.22. The first kappa shape index (κ1) is 18.2. The van der Waals surface area contributed by atoms with E-state index in [9.17, 15) is 9.59 Å². The first-order chi connectivity index (χ1) is 12.6. The van der Waals surface area contributed by atoms with Gasteiger partial charge in [-0.25, -0.2) is 9.97 Å². The van der Waals surface area contributed by atoms with Gasteiger partial charge in [0.15, 0.2) is 5.16 Å². The number of thioether (sulfide) groups is 1. The number of aromatic nitrogens is 2. The SMILES string of the molecule is COc1cccc(CN2CCN(C(=O)c3cnc(SC)nc3)CC2=O)c1. The Morgan fingerprint density at radius 1 is 1.27 bits per heavy atom. The van der Waals surface area contributed by atoms with E-state index in [0.717, 1.165) is 11.3 Å². The summed E-state index contributed by atoms with van der Waals surface area (Å²) in [6, 6.07) is 7.64. The van der Waals surface area contributed by atoms with Crippen molar-refractivity contribution in [1.82, 2.24) is 19.8 Å². The number of carbonyl (C=O) groups excluding carboxylic acids is 2. The molecule has 1 aliphatic heterocycles. The van der Waals surface area contributed by atoms with Crippen molar-refractivity contribution in [2.75, 3.05) is 33.0 Å². The molecule has 0 atom stereocenters. The Morgan fingerprint density at radius 3 is 2.69 bits per heavy atom. The van der Waals surface area contributed by atoms with Gasteiger partial charge in [-0.05, 0) is 24.0 Å². The smallest absolute Gasteiger partial charge is 0.257 e. The molecule has 0 bridgehead atoms. The maximum absolute atomic E-state index is 12.5. The van der Waals surface area contributed by atoms with Crippen molar-refractivity contribution in [3.63, 3.8) is 0 Å². The zero-order valence-electron chi connectivity index (χ0n) is 14.7. The van der Waals surface area contributed by atoms with Gasteiger partial charge >= 0.3 is 0 Å². The number of nitrogens with zero attached hydrogens (tertiary/aromatic N) is 4. The fourth-order valence-corrected chi connectivity index (χ4v) is 3.07. The maximum atomic E-state index is 12.5. The lowest BCUT2D eigenvalue weighted by atomic mass is 10.1. The van der Waals surface area contributed by atoms with E-state index in [-0.39, 0.29) is 18.4 Å². The third-order valence-corrected chi connectivity index (χ3v) is 4.75. The highest BCUT2D eigenvalue weighted by Gasteiger charge is 2.28. The predicted octanol–water partition coefficient (Wildman–Crippen LogP) is 1.69. The number of hydrogen-bond donors (Lipinski definition) is 0. The highest BCUT2D eigenvalue weighted by molar-refractivity contribution is 7.98. The van der Waals surface area contributed by atoms with Crippen molar-refractivity contribution in [3.8, 4) is 5.75 Å². The van der Waals surface area contributed by atoms with Crippen LogP contribution < -0.4 is 4.74 Å². The molecular formula is C18H20N4O3S. The molecule has 0 saturated carbocycles. The zero-order chi connectivity index (χ0) is 18.5. The summed E-state index contributed by atoms with van der Waals surface area (Å²) >= 11 is 1.41. The first-order valence-electron chi connectivity index (χ1n) is 8.16. The monoisotopic (exact) mass is 372 g/mol. The summed E-state index contributed by atoms with van der Waals surface area (Å²) in [5.41, 5.74) is 1.40. The molecule has 2 aromatic rings. The molecule has 136 valence electrons. The minimum absolute atomic E-state index is 0.0626. The number of ether oxygens (including phenoxy) is 1. The number of benzene rings is 1. The molecule has 1 aliphatic rings. The number of piperazine rings is 1. The largest absolute Gasteiger partial charge is 0.497 e. The molecule has 0 unspecified atom stereocenters. The number of carbonyl (C=O) groups is 2. The van der Waals surface area contributed by atoms with E-state index in [2.05, 4.69) is 9.97 Å². The van der Waals surface area contributed by atoms with E-state index in [1.54, 1.807) is 16.9 Å². The molecule has 1 aromatic heterocycles. The van der Waals surface area contributed by atoms with E-state index in [0.29, 0.717) is 30.4 Å². The molecule has 0 aliphatic carbocycles. The highest BCUT2D eigenvalue weighted by atomic mass is 32.2. The Labute approximate surface area is 156 Å². The minimum atomic E-state index is -0.216. The summed E-state index contributed by atoms with van der Waals surface area (Å²) in [4.78, 5) is 36.5. The van der Waals surface area contributed by atoms with E-state index in [1.807, 2.05) is 30.5 Å². The molecule has 1 saturated heterocycles. The van der Waals surface area contributed by atoms with Gasteiger partial charge in [-0.15, -0.1) is 0 Å². The normalized spacial score (nSPS) is 14.5. The third kappa shape index (κ3) is 4.13. The summed E-state index contributed by atoms with van der Waals surface area (Å²) in [5, 5.41) is 0.612. The molecule has 0 radical (unpaired) electrons. The second kappa shape index (κ2) is 8.18. The Balaban J connectivity index is 1.62. The number of rotatable bonds is 5. The molecule has 26 heavy (non-hydrogen) atoms. The van der Waals surface area contributed by atoms with Crippen LogP contribution in [0.3, 0.4) is 0 Å². The summed E-state index contributed by atoms with van der Waals surface area (Å²) in [7, 11) is 1.62. The number of amides is 2. The van der Waals surface area contributed by atoms with Crippen molar-refractivity contribution < 1.29 is 14.3 Å². The van der Waals surface area contributed by atoms with Crippen LogP contribution in [0.15, 0.2) is 41.8 Å². The van der Waals surface area contributed by atoms with Gasteiger partial charge in [0.1, 0.15) is 12.3 Å². The lowest BCUT2D eigenvalue weighted by Crippen LogP contribution is -2.51. The predicted molar refractivity (Wildman–Crippen MR) is 98.1 cm³/mol. The van der Waals surface area contributed by atoms with Gasteiger partial charge in [0.25, 0.3) is 5.91 Å². The molecule has 8 heteroatoms. The van der Waals surface area contributed by atoms with Crippen LogP contribution in [0.25, 0.3) is 0 Å². The van der Waals surface area contributed by atoms with Crippen LogP contribution in [0, 0.1) is 0 Å². The Kier molecular flexibility index (Phi) is 5.72. The second-order valence-electron chi connectivity index (χ2n) is 5.85. The molecule has 0 N–H and O–H groups in total. The van der Waals surface area contributed by atoms with Gasteiger partial charge in [-0.3, -0.25) is 9.59 Å². The zero-order valence-corrected chi connectivity index (χ0v) is 15.5. The van der Waals surface area contributed by atoms with Crippen LogP contribution in [0.4, 0.5) is 0 Å². The number of methoxy groups -OCH3 is 1.